The van der Waals surface area contributed by atoms with Crippen molar-refractivity contribution in [2.24, 2.45) is 0 Å². The average Bonchev–Trinajstić information content (AvgIpc) is 3.14. The molecule has 0 aromatic heterocycles. The van der Waals surface area contributed by atoms with Gasteiger partial charge in [-0.1, -0.05) is 124 Å². The van der Waals surface area contributed by atoms with Crippen LogP contribution in [0.5, 0.6) is 0 Å². The van der Waals surface area contributed by atoms with E-state index in [2.05, 4.69) is 43.0 Å². The number of rotatable bonds is 22. The number of hydrogen-bond acceptors (Lipinski definition) is 2. The first-order chi connectivity index (χ1) is 14.8. The third kappa shape index (κ3) is 13.6. The molecule has 1 aliphatic rings. The summed E-state index contributed by atoms with van der Waals surface area (Å²) in [4.78, 5) is 5.31. The summed E-state index contributed by atoms with van der Waals surface area (Å²) in [6.07, 6.45) is 33.6. The van der Waals surface area contributed by atoms with Crippen LogP contribution in [-0.4, -0.2) is 29.1 Å². The van der Waals surface area contributed by atoms with Gasteiger partial charge in [0.15, 0.2) is 0 Å². The van der Waals surface area contributed by atoms with Gasteiger partial charge in [0, 0.05) is 25.5 Å². The third-order valence-electron chi connectivity index (χ3n) is 6.82. The summed E-state index contributed by atoms with van der Waals surface area (Å²) in [7, 11) is 0. The summed E-state index contributed by atoms with van der Waals surface area (Å²) < 4.78 is 0. The molecule has 1 atom stereocenters. The number of nitrogens with zero attached hydrogens (tertiary/aromatic N) is 2. The van der Waals surface area contributed by atoms with E-state index in [0.717, 1.165) is 0 Å². The maximum Gasteiger partial charge on any atom is 0.101 e. The van der Waals surface area contributed by atoms with Crippen molar-refractivity contribution in [2.45, 2.75) is 155 Å². The van der Waals surface area contributed by atoms with Crippen LogP contribution in [0.4, 0.5) is 0 Å². The Balaban J connectivity index is 2.14. The summed E-state index contributed by atoms with van der Waals surface area (Å²) in [6, 6.07) is 0. The van der Waals surface area contributed by atoms with Crippen molar-refractivity contribution >= 4 is 0 Å². The van der Waals surface area contributed by atoms with Crippen molar-refractivity contribution in [1.82, 2.24) is 9.80 Å². The van der Waals surface area contributed by atoms with Gasteiger partial charge in [0.25, 0.3) is 0 Å². The molecule has 0 aliphatic carbocycles. The second-order valence-corrected chi connectivity index (χ2v) is 9.70. The molecule has 0 amide bonds. The molecule has 0 aromatic carbocycles. The molecule has 0 saturated carbocycles. The van der Waals surface area contributed by atoms with Crippen LogP contribution < -0.4 is 0 Å². The Morgan fingerprint density at radius 3 is 1.13 bits per heavy atom. The molecule has 0 saturated heterocycles. The van der Waals surface area contributed by atoms with Gasteiger partial charge in [0.05, 0.1) is 0 Å². The van der Waals surface area contributed by atoms with Gasteiger partial charge in [-0.25, -0.2) is 0 Å². The second kappa shape index (κ2) is 20.3. The fourth-order valence-corrected chi connectivity index (χ4v) is 4.76. The van der Waals surface area contributed by atoms with Gasteiger partial charge in [-0.15, -0.1) is 0 Å². The predicted octanol–water partition coefficient (Wildman–Crippen LogP) is 9.26. The minimum absolute atomic E-state index is 0.642. The van der Waals surface area contributed by atoms with Crippen molar-refractivity contribution in [3.63, 3.8) is 0 Å². The molecule has 1 unspecified atom stereocenters. The fourth-order valence-electron chi connectivity index (χ4n) is 4.76. The van der Waals surface area contributed by atoms with Gasteiger partial charge in [-0.3, -0.25) is 0 Å². The molecule has 0 aromatic rings. The van der Waals surface area contributed by atoms with E-state index in [9.17, 15) is 0 Å². The van der Waals surface area contributed by atoms with Crippen LogP contribution in [0.25, 0.3) is 0 Å². The normalized spacial score (nSPS) is 16.2. The van der Waals surface area contributed by atoms with Gasteiger partial charge in [-0.05, 0) is 25.7 Å². The second-order valence-electron chi connectivity index (χ2n) is 9.70. The molecular formula is C28H56N2. The topological polar surface area (TPSA) is 6.48 Å². The molecule has 178 valence electrons. The summed E-state index contributed by atoms with van der Waals surface area (Å²) >= 11 is 0. The molecule has 1 heterocycles. The van der Waals surface area contributed by atoms with E-state index in [1.807, 2.05) is 0 Å². The molecule has 0 bridgehead atoms. The highest BCUT2D eigenvalue weighted by atomic mass is 15.4. The lowest BCUT2D eigenvalue weighted by molar-refractivity contribution is 0.136. The third-order valence-corrected chi connectivity index (χ3v) is 6.82. The first-order valence-corrected chi connectivity index (χ1v) is 14.0. The Hall–Kier alpha value is -0.660. The van der Waals surface area contributed by atoms with Gasteiger partial charge in [-0.2, -0.15) is 0 Å². The monoisotopic (exact) mass is 420 g/mol. The molecule has 0 radical (unpaired) electrons. The zero-order valence-corrected chi connectivity index (χ0v) is 21.2. The molecule has 0 spiro atoms. The SMILES string of the molecule is CCCCCCCCCCCN1C=CN(CCCCCCCCCC)C1CCCC. The van der Waals surface area contributed by atoms with Crippen LogP contribution in [-0.2, 0) is 0 Å². The molecule has 0 fully saturated rings. The summed E-state index contributed by atoms with van der Waals surface area (Å²) in [5.41, 5.74) is 0. The molecular weight excluding hydrogens is 364 g/mol. The van der Waals surface area contributed by atoms with Gasteiger partial charge in [0.2, 0.25) is 0 Å². The average molecular weight is 421 g/mol. The van der Waals surface area contributed by atoms with E-state index in [0.29, 0.717) is 6.17 Å². The Labute approximate surface area is 190 Å². The van der Waals surface area contributed by atoms with Crippen molar-refractivity contribution in [1.29, 1.82) is 0 Å². The lowest BCUT2D eigenvalue weighted by Gasteiger charge is -2.33. The number of unbranched alkanes of at least 4 members (excludes halogenated alkanes) is 16. The van der Waals surface area contributed by atoms with Gasteiger partial charge < -0.3 is 9.80 Å². The maximum absolute atomic E-state index is 2.65. The van der Waals surface area contributed by atoms with E-state index in [4.69, 9.17) is 0 Å². The Kier molecular flexibility index (Phi) is 18.5. The summed E-state index contributed by atoms with van der Waals surface area (Å²) in [5.74, 6) is 0. The predicted molar refractivity (Wildman–Crippen MR) is 136 cm³/mol. The molecule has 0 N–H and O–H groups in total. The van der Waals surface area contributed by atoms with Crippen molar-refractivity contribution in [3.05, 3.63) is 12.4 Å². The highest BCUT2D eigenvalue weighted by Crippen LogP contribution is 2.23. The molecule has 1 rings (SSSR count). The van der Waals surface area contributed by atoms with E-state index in [-0.39, 0.29) is 0 Å². The van der Waals surface area contributed by atoms with Gasteiger partial charge >= 0.3 is 0 Å². The van der Waals surface area contributed by atoms with Crippen molar-refractivity contribution < 1.29 is 0 Å². The smallest absolute Gasteiger partial charge is 0.101 e. The van der Waals surface area contributed by atoms with E-state index < -0.39 is 0 Å². The van der Waals surface area contributed by atoms with E-state index in [1.165, 1.54) is 142 Å². The van der Waals surface area contributed by atoms with Crippen LogP contribution in [0.3, 0.4) is 0 Å². The minimum Gasteiger partial charge on any atom is -0.356 e. The largest absolute Gasteiger partial charge is 0.356 e. The molecule has 2 nitrogen and oxygen atoms in total. The highest BCUT2D eigenvalue weighted by molar-refractivity contribution is 4.96. The van der Waals surface area contributed by atoms with Crippen LogP contribution in [0.15, 0.2) is 12.4 Å². The zero-order valence-electron chi connectivity index (χ0n) is 21.2. The van der Waals surface area contributed by atoms with Crippen LogP contribution in [0, 0.1) is 0 Å². The van der Waals surface area contributed by atoms with E-state index in [1.54, 1.807) is 0 Å². The summed E-state index contributed by atoms with van der Waals surface area (Å²) in [5, 5.41) is 0. The highest BCUT2D eigenvalue weighted by Gasteiger charge is 2.24. The molecule has 2 heteroatoms. The van der Waals surface area contributed by atoms with Crippen molar-refractivity contribution in [2.75, 3.05) is 13.1 Å². The number of hydrogen-bond donors (Lipinski definition) is 0. The summed E-state index contributed by atoms with van der Waals surface area (Å²) in [6.45, 7) is 9.45. The van der Waals surface area contributed by atoms with Crippen molar-refractivity contribution in [3.8, 4) is 0 Å². The Bertz CT molecular complexity index is 379. The first kappa shape index (κ1) is 27.4. The Morgan fingerprint density at radius 1 is 0.433 bits per heavy atom. The Morgan fingerprint density at radius 2 is 0.767 bits per heavy atom. The minimum atomic E-state index is 0.642. The van der Waals surface area contributed by atoms with Crippen LogP contribution >= 0.6 is 0 Å². The fraction of sp³-hybridized carbons (Fsp3) is 0.929. The molecule has 1 aliphatic heterocycles. The quantitative estimate of drug-likeness (QED) is 0.161. The lowest BCUT2D eigenvalue weighted by atomic mass is 10.1. The first-order valence-electron chi connectivity index (χ1n) is 14.0. The lowest BCUT2D eigenvalue weighted by Crippen LogP contribution is -2.39. The maximum atomic E-state index is 2.65. The van der Waals surface area contributed by atoms with Crippen LogP contribution in [0.1, 0.15) is 149 Å². The van der Waals surface area contributed by atoms with Crippen LogP contribution in [0.2, 0.25) is 0 Å². The van der Waals surface area contributed by atoms with E-state index >= 15 is 0 Å². The standard InChI is InChI=1S/C28H56N2/c1-4-7-10-12-14-16-18-20-22-25-30-27-26-29(28(30)23-9-6-3)24-21-19-17-15-13-11-8-5-2/h26-28H,4-25H2,1-3H3. The zero-order chi connectivity index (χ0) is 21.7. The van der Waals surface area contributed by atoms with Gasteiger partial charge in [0.1, 0.15) is 6.17 Å². The molecule has 30 heavy (non-hydrogen) atoms.